The topological polar surface area (TPSA) is 77.9 Å². The summed E-state index contributed by atoms with van der Waals surface area (Å²) < 4.78 is 0. The fourth-order valence-electron chi connectivity index (χ4n) is 2.82. The third kappa shape index (κ3) is 2.07. The average molecular weight is 254 g/mol. The molecule has 1 N–H and O–H groups in total. The van der Waals surface area contributed by atoms with Crippen molar-refractivity contribution in [2.24, 2.45) is 5.92 Å². The number of fused-ring (bicyclic) bond motifs is 1. The highest BCUT2D eigenvalue weighted by Gasteiger charge is 2.51. The van der Waals surface area contributed by atoms with Gasteiger partial charge in [0.15, 0.2) is 0 Å². The number of amides is 2. The van der Waals surface area contributed by atoms with Crippen molar-refractivity contribution in [1.29, 1.82) is 0 Å². The highest BCUT2D eigenvalue weighted by Crippen LogP contribution is 2.34. The molecule has 2 aliphatic rings. The molecular formula is C12H18N2O4. The molecular weight excluding hydrogens is 236 g/mol. The summed E-state index contributed by atoms with van der Waals surface area (Å²) in [5.74, 6) is -0.998. The van der Waals surface area contributed by atoms with E-state index in [2.05, 4.69) is 0 Å². The Kier molecular flexibility index (Phi) is 3.28. The van der Waals surface area contributed by atoms with Crippen molar-refractivity contribution in [1.82, 2.24) is 9.80 Å². The van der Waals surface area contributed by atoms with Gasteiger partial charge >= 0.3 is 5.97 Å². The van der Waals surface area contributed by atoms with E-state index < -0.39 is 12.0 Å². The van der Waals surface area contributed by atoms with Gasteiger partial charge in [-0.3, -0.25) is 14.4 Å². The van der Waals surface area contributed by atoms with E-state index in [4.69, 9.17) is 5.11 Å². The van der Waals surface area contributed by atoms with Crippen LogP contribution in [0, 0.1) is 5.92 Å². The number of carbonyl (C=O) groups excluding carboxylic acids is 2. The maximum absolute atomic E-state index is 12.2. The van der Waals surface area contributed by atoms with E-state index in [1.54, 1.807) is 4.90 Å². The van der Waals surface area contributed by atoms with Crippen molar-refractivity contribution in [2.45, 2.75) is 45.3 Å². The second-order valence-electron chi connectivity index (χ2n) is 5.33. The van der Waals surface area contributed by atoms with Crippen molar-refractivity contribution in [3.05, 3.63) is 0 Å². The van der Waals surface area contributed by atoms with Crippen LogP contribution >= 0.6 is 0 Å². The lowest BCUT2D eigenvalue weighted by molar-refractivity contribution is -0.144. The number of nitrogens with zero attached hydrogens (tertiary/aromatic N) is 2. The first-order chi connectivity index (χ1) is 8.41. The number of carbonyl (C=O) groups is 3. The van der Waals surface area contributed by atoms with Crippen LogP contribution in [0.25, 0.3) is 0 Å². The lowest BCUT2D eigenvalue weighted by atomic mass is 10.0. The van der Waals surface area contributed by atoms with Crippen LogP contribution in [0.2, 0.25) is 0 Å². The number of aliphatic carboxylic acids is 1. The van der Waals surface area contributed by atoms with Gasteiger partial charge in [-0.2, -0.15) is 0 Å². The summed E-state index contributed by atoms with van der Waals surface area (Å²) in [6.45, 7) is 3.66. The normalized spacial score (nSPS) is 27.3. The molecule has 100 valence electrons. The van der Waals surface area contributed by atoms with Crippen molar-refractivity contribution < 1.29 is 19.5 Å². The summed E-state index contributed by atoms with van der Waals surface area (Å²) in [5, 5.41) is 8.85. The molecule has 0 aliphatic carbocycles. The maximum atomic E-state index is 12.2. The molecule has 2 saturated heterocycles. The van der Waals surface area contributed by atoms with E-state index in [9.17, 15) is 14.4 Å². The van der Waals surface area contributed by atoms with Crippen molar-refractivity contribution >= 4 is 17.8 Å². The minimum Gasteiger partial charge on any atom is -0.480 e. The number of hydrogen-bond donors (Lipinski definition) is 1. The minimum atomic E-state index is -1.03. The van der Waals surface area contributed by atoms with E-state index in [1.165, 1.54) is 4.90 Å². The molecule has 0 radical (unpaired) electrons. The molecule has 18 heavy (non-hydrogen) atoms. The van der Waals surface area contributed by atoms with Gasteiger partial charge < -0.3 is 14.9 Å². The number of hydrogen-bond acceptors (Lipinski definition) is 3. The molecule has 6 heteroatoms. The highest BCUT2D eigenvalue weighted by atomic mass is 16.4. The molecule has 2 atom stereocenters. The molecule has 2 aliphatic heterocycles. The zero-order chi connectivity index (χ0) is 13.4. The van der Waals surface area contributed by atoms with Gasteiger partial charge in [-0.15, -0.1) is 0 Å². The van der Waals surface area contributed by atoms with Crippen LogP contribution in [0.15, 0.2) is 0 Å². The Morgan fingerprint density at radius 3 is 2.67 bits per heavy atom. The third-order valence-electron chi connectivity index (χ3n) is 3.49. The van der Waals surface area contributed by atoms with Gasteiger partial charge in [-0.25, -0.2) is 0 Å². The van der Waals surface area contributed by atoms with Gasteiger partial charge in [0.1, 0.15) is 18.8 Å². The SMILES string of the molecule is CC(C)C[C@H]1C(=O)N(CC(=O)O)[C@@H]2CCC(=O)N12. The van der Waals surface area contributed by atoms with E-state index in [1.807, 2.05) is 13.8 Å². The highest BCUT2D eigenvalue weighted by molar-refractivity contribution is 5.94. The molecule has 0 aromatic heterocycles. The predicted molar refractivity (Wildman–Crippen MR) is 62.5 cm³/mol. The van der Waals surface area contributed by atoms with E-state index >= 15 is 0 Å². The van der Waals surface area contributed by atoms with Gasteiger partial charge in [0.05, 0.1) is 0 Å². The Morgan fingerprint density at radius 1 is 1.44 bits per heavy atom. The molecule has 2 amide bonds. The smallest absolute Gasteiger partial charge is 0.323 e. The number of rotatable bonds is 4. The van der Waals surface area contributed by atoms with Gasteiger partial charge in [-0.1, -0.05) is 13.8 Å². The summed E-state index contributed by atoms with van der Waals surface area (Å²) in [4.78, 5) is 37.8. The summed E-state index contributed by atoms with van der Waals surface area (Å²) in [6.07, 6.45) is 1.21. The predicted octanol–water partition coefficient (Wildman–Crippen LogP) is 0.276. The lowest BCUT2D eigenvalue weighted by Gasteiger charge is -2.23. The van der Waals surface area contributed by atoms with Crippen LogP contribution in [-0.4, -0.2) is 51.4 Å². The quantitative estimate of drug-likeness (QED) is 0.781. The fourth-order valence-corrected chi connectivity index (χ4v) is 2.82. The first-order valence-electron chi connectivity index (χ1n) is 6.25. The Labute approximate surface area is 106 Å². The number of carboxylic acids is 1. The number of carboxylic acid groups (broad SMARTS) is 1. The first-order valence-corrected chi connectivity index (χ1v) is 6.25. The van der Waals surface area contributed by atoms with Crippen LogP contribution in [0.5, 0.6) is 0 Å². The summed E-state index contributed by atoms with van der Waals surface area (Å²) >= 11 is 0. The monoisotopic (exact) mass is 254 g/mol. The Hall–Kier alpha value is -1.59. The second kappa shape index (κ2) is 4.59. The molecule has 0 saturated carbocycles. The largest absolute Gasteiger partial charge is 0.480 e. The zero-order valence-corrected chi connectivity index (χ0v) is 10.6. The minimum absolute atomic E-state index is 0.0353. The van der Waals surface area contributed by atoms with E-state index in [0.717, 1.165) is 0 Å². The average Bonchev–Trinajstić information content (AvgIpc) is 2.73. The molecule has 6 nitrogen and oxygen atoms in total. The fraction of sp³-hybridized carbons (Fsp3) is 0.750. The van der Waals surface area contributed by atoms with Gasteiger partial charge in [0.2, 0.25) is 11.8 Å². The Morgan fingerprint density at radius 2 is 2.11 bits per heavy atom. The Bertz CT molecular complexity index is 394. The molecule has 0 spiro atoms. The molecule has 0 aromatic rings. The van der Waals surface area contributed by atoms with Crippen molar-refractivity contribution in [3.63, 3.8) is 0 Å². The van der Waals surface area contributed by atoms with Gasteiger partial charge in [-0.05, 0) is 18.8 Å². The van der Waals surface area contributed by atoms with Crippen LogP contribution in [-0.2, 0) is 14.4 Å². The molecule has 2 fully saturated rings. The summed E-state index contributed by atoms with van der Waals surface area (Å²) in [5.41, 5.74) is 0. The first kappa shape index (κ1) is 12.9. The van der Waals surface area contributed by atoms with Crippen molar-refractivity contribution in [2.75, 3.05) is 6.54 Å². The van der Waals surface area contributed by atoms with Crippen LogP contribution in [0.4, 0.5) is 0 Å². The summed E-state index contributed by atoms with van der Waals surface area (Å²) in [7, 11) is 0. The van der Waals surface area contributed by atoms with Crippen LogP contribution < -0.4 is 0 Å². The Balaban J connectivity index is 2.23. The van der Waals surface area contributed by atoms with Crippen molar-refractivity contribution in [3.8, 4) is 0 Å². The second-order valence-corrected chi connectivity index (χ2v) is 5.33. The lowest BCUT2D eigenvalue weighted by Crippen LogP contribution is -2.39. The van der Waals surface area contributed by atoms with Crippen LogP contribution in [0.3, 0.4) is 0 Å². The zero-order valence-electron chi connectivity index (χ0n) is 10.6. The molecule has 2 rings (SSSR count). The van der Waals surface area contributed by atoms with Gasteiger partial charge in [0.25, 0.3) is 0 Å². The molecule has 0 aromatic carbocycles. The van der Waals surface area contributed by atoms with E-state index in [0.29, 0.717) is 19.3 Å². The standard InChI is InChI=1S/C12H18N2O4/c1-7(2)5-8-12(18)13(6-11(16)17)9-3-4-10(15)14(8)9/h7-9H,3-6H2,1-2H3,(H,16,17)/t8-,9-/m0/s1. The van der Waals surface area contributed by atoms with E-state index in [-0.39, 0.29) is 30.4 Å². The van der Waals surface area contributed by atoms with Crippen LogP contribution in [0.1, 0.15) is 33.1 Å². The third-order valence-corrected chi connectivity index (χ3v) is 3.49. The molecule has 0 unspecified atom stereocenters. The molecule has 2 heterocycles. The summed E-state index contributed by atoms with van der Waals surface area (Å²) in [6, 6.07) is -0.468. The van der Waals surface area contributed by atoms with Gasteiger partial charge in [0, 0.05) is 6.42 Å². The molecule has 0 bridgehead atoms. The maximum Gasteiger partial charge on any atom is 0.323 e.